The van der Waals surface area contributed by atoms with Crippen LogP contribution < -0.4 is 0 Å². The van der Waals surface area contributed by atoms with Gasteiger partial charge in [0, 0.05) is 9.37 Å². The molecule has 1 atom stereocenters. The monoisotopic (exact) mass is 338 g/mol. The minimum Gasteiger partial charge on any atom is -0.478 e. The number of carbonyl (C=O) groups is 1. The molecule has 98 valence electrons. The molecule has 0 aliphatic heterocycles. The number of benzene rings is 2. The zero-order valence-corrected chi connectivity index (χ0v) is 12.3. The Morgan fingerprint density at radius 3 is 2.16 bits per heavy atom. The number of carboxylic acids is 1. The van der Waals surface area contributed by atoms with E-state index in [4.69, 9.17) is 5.11 Å². The van der Waals surface area contributed by atoms with Crippen LogP contribution in [0.25, 0.3) is 0 Å². The van der Waals surface area contributed by atoms with Gasteiger partial charge >= 0.3 is 5.97 Å². The van der Waals surface area contributed by atoms with E-state index in [0.717, 1.165) is 10.0 Å². The third-order valence-electron chi connectivity index (χ3n) is 2.58. The maximum absolute atomic E-state index is 12.1. The highest BCUT2D eigenvalue weighted by molar-refractivity contribution is 9.10. The Morgan fingerprint density at radius 2 is 1.63 bits per heavy atom. The van der Waals surface area contributed by atoms with Gasteiger partial charge in [-0.3, -0.25) is 4.21 Å². The molecule has 0 aromatic heterocycles. The highest BCUT2D eigenvalue weighted by atomic mass is 79.9. The Balaban J connectivity index is 2.11. The predicted octanol–water partition coefficient (Wildman–Crippen LogP) is 3.46. The van der Waals surface area contributed by atoms with Crippen LogP contribution in [0.5, 0.6) is 0 Å². The summed E-state index contributed by atoms with van der Waals surface area (Å²) in [6.07, 6.45) is 0. The lowest BCUT2D eigenvalue weighted by molar-refractivity contribution is 0.0697. The molecule has 0 saturated carbocycles. The first-order valence-electron chi connectivity index (χ1n) is 5.52. The fraction of sp³-hybridized carbons (Fsp3) is 0.0714. The van der Waals surface area contributed by atoms with Crippen LogP contribution in [0.3, 0.4) is 0 Å². The van der Waals surface area contributed by atoms with Crippen molar-refractivity contribution in [1.82, 2.24) is 0 Å². The minimum atomic E-state index is -1.17. The van der Waals surface area contributed by atoms with Gasteiger partial charge in [0.2, 0.25) is 0 Å². The van der Waals surface area contributed by atoms with Crippen LogP contribution in [-0.4, -0.2) is 15.3 Å². The highest BCUT2D eigenvalue weighted by Gasteiger charge is 2.07. The fourth-order valence-electron chi connectivity index (χ4n) is 1.56. The zero-order chi connectivity index (χ0) is 13.8. The van der Waals surface area contributed by atoms with Crippen molar-refractivity contribution in [1.29, 1.82) is 0 Å². The molecule has 0 amide bonds. The average Bonchev–Trinajstić information content (AvgIpc) is 2.41. The number of carboxylic acid groups (broad SMARTS) is 1. The third kappa shape index (κ3) is 3.75. The standard InChI is InChI=1S/C14H11BrO3S/c15-12-5-1-10(2-6-12)9-19(18)13-7-3-11(4-8-13)14(16)17/h1-8H,9H2,(H,16,17). The molecular weight excluding hydrogens is 328 g/mol. The van der Waals surface area contributed by atoms with E-state index in [-0.39, 0.29) is 5.56 Å². The lowest BCUT2D eigenvalue weighted by Crippen LogP contribution is -1.99. The molecule has 19 heavy (non-hydrogen) atoms. The van der Waals surface area contributed by atoms with Crippen LogP contribution in [0.1, 0.15) is 15.9 Å². The number of halogens is 1. The molecule has 5 heteroatoms. The van der Waals surface area contributed by atoms with Gasteiger partial charge in [-0.1, -0.05) is 28.1 Å². The van der Waals surface area contributed by atoms with E-state index < -0.39 is 16.8 Å². The Labute approximate surface area is 121 Å². The van der Waals surface area contributed by atoms with E-state index in [9.17, 15) is 9.00 Å². The first kappa shape index (κ1) is 14.0. The Hall–Kier alpha value is -1.46. The van der Waals surface area contributed by atoms with Crippen molar-refractivity contribution < 1.29 is 14.1 Å². The molecular formula is C14H11BrO3S. The van der Waals surface area contributed by atoms with Crippen molar-refractivity contribution in [3.05, 3.63) is 64.1 Å². The minimum absolute atomic E-state index is 0.199. The first-order chi connectivity index (χ1) is 9.06. The summed E-state index contributed by atoms with van der Waals surface area (Å²) in [5, 5.41) is 8.80. The lowest BCUT2D eigenvalue weighted by Gasteiger charge is -2.03. The molecule has 3 nitrogen and oxygen atoms in total. The summed E-state index contributed by atoms with van der Waals surface area (Å²) in [6.45, 7) is 0. The van der Waals surface area contributed by atoms with Crippen molar-refractivity contribution >= 4 is 32.7 Å². The molecule has 2 aromatic carbocycles. The molecule has 1 N–H and O–H groups in total. The number of aromatic carboxylic acids is 1. The van der Waals surface area contributed by atoms with Gasteiger partial charge < -0.3 is 5.11 Å². The van der Waals surface area contributed by atoms with Gasteiger partial charge in [-0.15, -0.1) is 0 Å². The van der Waals surface area contributed by atoms with Crippen LogP contribution in [0.2, 0.25) is 0 Å². The normalized spacial score (nSPS) is 12.1. The molecule has 1 unspecified atom stereocenters. The van der Waals surface area contributed by atoms with Crippen LogP contribution in [0, 0.1) is 0 Å². The molecule has 0 heterocycles. The fourth-order valence-corrected chi connectivity index (χ4v) is 2.93. The summed E-state index contributed by atoms with van der Waals surface area (Å²) in [7, 11) is -1.17. The quantitative estimate of drug-likeness (QED) is 0.928. The summed E-state index contributed by atoms with van der Waals surface area (Å²) in [6, 6.07) is 13.8. The van der Waals surface area contributed by atoms with E-state index in [1.807, 2.05) is 24.3 Å². The summed E-state index contributed by atoms with van der Waals surface area (Å²) < 4.78 is 13.1. The Kier molecular flexibility index (Phi) is 4.50. The molecule has 0 radical (unpaired) electrons. The van der Waals surface area contributed by atoms with E-state index in [0.29, 0.717) is 10.6 Å². The zero-order valence-electron chi connectivity index (χ0n) is 9.88. The van der Waals surface area contributed by atoms with E-state index >= 15 is 0 Å². The van der Waals surface area contributed by atoms with E-state index in [2.05, 4.69) is 15.9 Å². The van der Waals surface area contributed by atoms with Crippen molar-refractivity contribution in [3.8, 4) is 0 Å². The van der Waals surface area contributed by atoms with Gasteiger partial charge in [-0.25, -0.2) is 4.79 Å². The summed E-state index contributed by atoms with van der Waals surface area (Å²) in [5.74, 6) is -0.565. The molecule has 0 saturated heterocycles. The molecule has 2 rings (SSSR count). The summed E-state index contributed by atoms with van der Waals surface area (Å²) in [4.78, 5) is 11.4. The molecule has 0 aliphatic carbocycles. The van der Waals surface area contributed by atoms with Gasteiger partial charge in [-0.2, -0.15) is 0 Å². The predicted molar refractivity (Wildman–Crippen MR) is 77.7 cm³/mol. The van der Waals surface area contributed by atoms with Crippen LogP contribution in [-0.2, 0) is 16.6 Å². The number of hydrogen-bond donors (Lipinski definition) is 1. The smallest absolute Gasteiger partial charge is 0.335 e. The van der Waals surface area contributed by atoms with Gasteiger partial charge in [0.15, 0.2) is 0 Å². The van der Waals surface area contributed by atoms with Gasteiger partial charge in [-0.05, 0) is 42.0 Å². The Morgan fingerprint density at radius 1 is 1.05 bits per heavy atom. The van der Waals surface area contributed by atoms with Crippen molar-refractivity contribution in [2.45, 2.75) is 10.6 Å². The van der Waals surface area contributed by atoms with E-state index in [1.54, 1.807) is 12.1 Å². The molecule has 0 fully saturated rings. The molecule has 0 bridgehead atoms. The van der Waals surface area contributed by atoms with Crippen molar-refractivity contribution in [3.63, 3.8) is 0 Å². The lowest BCUT2D eigenvalue weighted by atomic mass is 10.2. The maximum atomic E-state index is 12.1. The SMILES string of the molecule is O=C(O)c1ccc(S(=O)Cc2ccc(Br)cc2)cc1. The van der Waals surface area contributed by atoms with Gasteiger partial charge in [0.05, 0.1) is 22.1 Å². The number of rotatable bonds is 4. The number of hydrogen-bond acceptors (Lipinski definition) is 2. The second-order valence-electron chi connectivity index (χ2n) is 3.95. The summed E-state index contributed by atoms with van der Waals surface area (Å²) >= 11 is 3.35. The molecule has 0 aliphatic rings. The van der Waals surface area contributed by atoms with Gasteiger partial charge in [0.1, 0.15) is 0 Å². The van der Waals surface area contributed by atoms with Gasteiger partial charge in [0.25, 0.3) is 0 Å². The highest BCUT2D eigenvalue weighted by Crippen LogP contribution is 2.16. The second kappa shape index (κ2) is 6.12. The van der Waals surface area contributed by atoms with Crippen LogP contribution >= 0.6 is 15.9 Å². The Bertz CT molecular complexity index is 606. The third-order valence-corrected chi connectivity index (χ3v) is 4.50. The first-order valence-corrected chi connectivity index (χ1v) is 7.63. The van der Waals surface area contributed by atoms with E-state index in [1.165, 1.54) is 12.1 Å². The van der Waals surface area contributed by atoms with Crippen LogP contribution in [0.15, 0.2) is 57.9 Å². The molecule has 2 aromatic rings. The maximum Gasteiger partial charge on any atom is 0.335 e. The average molecular weight is 339 g/mol. The summed E-state index contributed by atoms with van der Waals surface area (Å²) in [5.41, 5.74) is 1.17. The largest absolute Gasteiger partial charge is 0.478 e. The topological polar surface area (TPSA) is 54.4 Å². The second-order valence-corrected chi connectivity index (χ2v) is 6.31. The molecule has 0 spiro atoms. The van der Waals surface area contributed by atoms with Crippen LogP contribution in [0.4, 0.5) is 0 Å². The van der Waals surface area contributed by atoms with Crippen molar-refractivity contribution in [2.75, 3.05) is 0 Å². The van der Waals surface area contributed by atoms with Crippen molar-refractivity contribution in [2.24, 2.45) is 0 Å².